The van der Waals surface area contributed by atoms with E-state index in [1.54, 1.807) is 0 Å². The van der Waals surface area contributed by atoms with Gasteiger partial charge in [-0.25, -0.2) is 0 Å². The quantitative estimate of drug-likeness (QED) is 0.450. The Morgan fingerprint density at radius 2 is 2.00 bits per heavy atom. The molecule has 0 fully saturated rings. The molecule has 0 aliphatic carbocycles. The van der Waals surface area contributed by atoms with Gasteiger partial charge in [0.1, 0.15) is 0 Å². The minimum Gasteiger partial charge on any atom is -0.175 e. The molecule has 70 valence electrons. The molecule has 0 saturated carbocycles. The first-order valence-electron chi connectivity index (χ1n) is 4.19. The molecular weight excluding hydrogens is 196 g/mol. The summed E-state index contributed by atoms with van der Waals surface area (Å²) in [5, 5.41) is 0. The molecule has 0 aliphatic rings. The summed E-state index contributed by atoms with van der Waals surface area (Å²) in [7, 11) is 0. The maximum absolute atomic E-state index is 4.17. The molecule has 0 saturated heterocycles. The van der Waals surface area contributed by atoms with Gasteiger partial charge < -0.3 is 0 Å². The first kappa shape index (κ1) is 10.7. The fourth-order valence-corrected chi connectivity index (χ4v) is 1.93. The largest absolute Gasteiger partial charge is 0.175 e. The number of thioether (sulfide) groups is 1. The van der Waals surface area contributed by atoms with E-state index in [2.05, 4.69) is 50.4 Å². The SMILES string of the molecule is C=C(CS)CSc1ccc(C)cc1. The van der Waals surface area contributed by atoms with Crippen molar-refractivity contribution in [1.82, 2.24) is 0 Å². The lowest BCUT2D eigenvalue weighted by molar-refractivity contribution is 1.37. The molecule has 0 aromatic heterocycles. The molecule has 0 heterocycles. The fourth-order valence-electron chi connectivity index (χ4n) is 0.866. The average Bonchev–Trinajstić information content (AvgIpc) is 2.16. The number of hydrogen-bond donors (Lipinski definition) is 1. The highest BCUT2D eigenvalue weighted by Crippen LogP contribution is 2.20. The monoisotopic (exact) mass is 210 g/mol. The van der Waals surface area contributed by atoms with Gasteiger partial charge in [0.25, 0.3) is 0 Å². The highest BCUT2D eigenvalue weighted by molar-refractivity contribution is 7.99. The lowest BCUT2D eigenvalue weighted by atomic mass is 10.2. The van der Waals surface area contributed by atoms with Gasteiger partial charge in [-0.3, -0.25) is 0 Å². The topological polar surface area (TPSA) is 0 Å². The average molecular weight is 210 g/mol. The van der Waals surface area contributed by atoms with Crippen LogP contribution in [0, 0.1) is 6.92 Å². The summed E-state index contributed by atoms with van der Waals surface area (Å²) >= 11 is 5.98. The van der Waals surface area contributed by atoms with E-state index in [0.29, 0.717) is 0 Å². The highest BCUT2D eigenvalue weighted by atomic mass is 32.2. The number of hydrogen-bond acceptors (Lipinski definition) is 2. The summed E-state index contributed by atoms with van der Waals surface area (Å²) in [6.45, 7) is 6.01. The summed E-state index contributed by atoms with van der Waals surface area (Å²) in [6.07, 6.45) is 0. The molecule has 13 heavy (non-hydrogen) atoms. The summed E-state index contributed by atoms with van der Waals surface area (Å²) in [5.74, 6) is 1.74. The van der Waals surface area contributed by atoms with Crippen LogP contribution in [0.4, 0.5) is 0 Å². The molecule has 0 nitrogen and oxygen atoms in total. The summed E-state index contributed by atoms with van der Waals surface area (Å²) in [6, 6.07) is 8.55. The van der Waals surface area contributed by atoms with Gasteiger partial charge in [-0.2, -0.15) is 12.6 Å². The van der Waals surface area contributed by atoms with Crippen LogP contribution in [0.15, 0.2) is 41.3 Å². The standard InChI is InChI=1S/C11H14S2/c1-9-3-5-11(6-4-9)13-8-10(2)7-12/h3-6,12H,2,7-8H2,1H3. The third kappa shape index (κ3) is 3.92. The second kappa shape index (κ2) is 5.40. The van der Waals surface area contributed by atoms with E-state index in [0.717, 1.165) is 11.5 Å². The maximum atomic E-state index is 4.17. The maximum Gasteiger partial charge on any atom is 0.0196 e. The van der Waals surface area contributed by atoms with Gasteiger partial charge in [0, 0.05) is 16.4 Å². The molecule has 0 bridgehead atoms. The molecule has 0 atom stereocenters. The van der Waals surface area contributed by atoms with Crippen LogP contribution in [0.2, 0.25) is 0 Å². The van der Waals surface area contributed by atoms with Crippen molar-refractivity contribution in [3.63, 3.8) is 0 Å². The lowest BCUT2D eigenvalue weighted by Crippen LogP contribution is -1.86. The van der Waals surface area contributed by atoms with Gasteiger partial charge in [-0.05, 0) is 19.1 Å². The molecule has 1 aromatic rings. The molecular formula is C11H14S2. The van der Waals surface area contributed by atoms with E-state index in [1.807, 2.05) is 11.8 Å². The normalized spacial score (nSPS) is 10.0. The Bertz CT molecular complexity index is 275. The molecule has 0 aliphatic heterocycles. The van der Waals surface area contributed by atoms with E-state index in [1.165, 1.54) is 16.0 Å². The van der Waals surface area contributed by atoms with Gasteiger partial charge >= 0.3 is 0 Å². The van der Waals surface area contributed by atoms with Gasteiger partial charge in [0.2, 0.25) is 0 Å². The van der Waals surface area contributed by atoms with Crippen molar-refractivity contribution >= 4 is 24.4 Å². The number of rotatable bonds is 4. The lowest BCUT2D eigenvalue weighted by Gasteiger charge is -2.02. The van der Waals surface area contributed by atoms with E-state index in [4.69, 9.17) is 0 Å². The van der Waals surface area contributed by atoms with Gasteiger partial charge in [0.15, 0.2) is 0 Å². The Kier molecular flexibility index (Phi) is 4.46. The zero-order chi connectivity index (χ0) is 9.68. The predicted octanol–water partition coefficient (Wildman–Crippen LogP) is 3.57. The van der Waals surface area contributed by atoms with Crippen LogP contribution in [0.25, 0.3) is 0 Å². The van der Waals surface area contributed by atoms with Crippen molar-refractivity contribution in [2.24, 2.45) is 0 Å². The van der Waals surface area contributed by atoms with Crippen molar-refractivity contribution in [3.05, 3.63) is 42.0 Å². The third-order valence-corrected chi connectivity index (χ3v) is 3.29. The minimum absolute atomic E-state index is 0.777. The Morgan fingerprint density at radius 3 is 2.54 bits per heavy atom. The Morgan fingerprint density at radius 1 is 1.38 bits per heavy atom. The van der Waals surface area contributed by atoms with Crippen LogP contribution in [-0.4, -0.2) is 11.5 Å². The third-order valence-electron chi connectivity index (χ3n) is 1.69. The first-order valence-corrected chi connectivity index (χ1v) is 5.81. The first-order chi connectivity index (χ1) is 6.22. The summed E-state index contributed by atoms with van der Waals surface area (Å²) in [4.78, 5) is 1.30. The summed E-state index contributed by atoms with van der Waals surface area (Å²) in [5.41, 5.74) is 2.48. The second-order valence-electron chi connectivity index (χ2n) is 3.01. The van der Waals surface area contributed by atoms with Crippen LogP contribution >= 0.6 is 24.4 Å². The van der Waals surface area contributed by atoms with Crippen LogP contribution in [0.3, 0.4) is 0 Å². The zero-order valence-corrected chi connectivity index (χ0v) is 9.50. The van der Waals surface area contributed by atoms with E-state index in [-0.39, 0.29) is 0 Å². The Hall–Kier alpha value is -0.340. The highest BCUT2D eigenvalue weighted by Gasteiger charge is 1.95. The molecule has 0 unspecified atom stereocenters. The van der Waals surface area contributed by atoms with E-state index in [9.17, 15) is 0 Å². The Balaban J connectivity index is 2.46. The smallest absolute Gasteiger partial charge is 0.0196 e. The van der Waals surface area contributed by atoms with Crippen LogP contribution in [-0.2, 0) is 0 Å². The van der Waals surface area contributed by atoms with Crippen molar-refractivity contribution in [2.45, 2.75) is 11.8 Å². The molecule has 2 heteroatoms. The van der Waals surface area contributed by atoms with Crippen molar-refractivity contribution < 1.29 is 0 Å². The Labute approximate surface area is 89.8 Å². The molecule has 0 N–H and O–H groups in total. The molecule has 1 rings (SSSR count). The van der Waals surface area contributed by atoms with Crippen LogP contribution in [0.1, 0.15) is 5.56 Å². The second-order valence-corrected chi connectivity index (χ2v) is 4.37. The van der Waals surface area contributed by atoms with Crippen molar-refractivity contribution in [1.29, 1.82) is 0 Å². The molecule has 0 spiro atoms. The molecule has 1 aromatic carbocycles. The number of thiol groups is 1. The van der Waals surface area contributed by atoms with Gasteiger partial charge in [0.05, 0.1) is 0 Å². The van der Waals surface area contributed by atoms with Gasteiger partial charge in [-0.1, -0.05) is 29.8 Å². The fraction of sp³-hybridized carbons (Fsp3) is 0.273. The minimum atomic E-state index is 0.777. The van der Waals surface area contributed by atoms with Gasteiger partial charge in [-0.15, -0.1) is 11.8 Å². The number of benzene rings is 1. The number of aryl methyl sites for hydroxylation is 1. The zero-order valence-electron chi connectivity index (χ0n) is 7.79. The van der Waals surface area contributed by atoms with E-state index >= 15 is 0 Å². The predicted molar refractivity (Wildman–Crippen MR) is 64.9 cm³/mol. The van der Waals surface area contributed by atoms with Crippen molar-refractivity contribution in [2.75, 3.05) is 11.5 Å². The molecule has 0 amide bonds. The van der Waals surface area contributed by atoms with Crippen LogP contribution < -0.4 is 0 Å². The van der Waals surface area contributed by atoms with E-state index < -0.39 is 0 Å². The van der Waals surface area contributed by atoms with Crippen molar-refractivity contribution in [3.8, 4) is 0 Å². The summed E-state index contributed by atoms with van der Waals surface area (Å²) < 4.78 is 0. The van der Waals surface area contributed by atoms with Crippen LogP contribution in [0.5, 0.6) is 0 Å². The molecule has 0 radical (unpaired) electrons.